The molecule has 0 bridgehead atoms. The van der Waals surface area contributed by atoms with Crippen LogP contribution in [0.4, 0.5) is 4.39 Å². The van der Waals surface area contributed by atoms with E-state index in [0.717, 1.165) is 43.9 Å². The van der Waals surface area contributed by atoms with E-state index in [1.54, 1.807) is 12.1 Å². The number of hydrogen-bond acceptors (Lipinski definition) is 3. The maximum atomic E-state index is 13.3. The van der Waals surface area contributed by atoms with E-state index in [9.17, 15) is 4.39 Å². The molecule has 19 heavy (non-hydrogen) atoms. The number of ether oxygens (including phenoxy) is 2. The molecule has 2 rings (SSSR count). The van der Waals surface area contributed by atoms with Crippen molar-refractivity contribution in [3.05, 3.63) is 29.6 Å². The Bertz CT molecular complexity index is 392. The molecule has 3 nitrogen and oxygen atoms in total. The molecule has 1 fully saturated rings. The Morgan fingerprint density at radius 3 is 2.89 bits per heavy atom. The molecule has 0 saturated carbocycles. The molecular weight excluding hydrogens is 245 g/mol. The van der Waals surface area contributed by atoms with Gasteiger partial charge in [-0.05, 0) is 43.5 Å². The Morgan fingerprint density at radius 1 is 1.37 bits per heavy atom. The molecule has 0 aliphatic carbocycles. The highest BCUT2D eigenvalue weighted by molar-refractivity contribution is 5.33. The highest BCUT2D eigenvalue weighted by Gasteiger charge is 2.15. The van der Waals surface area contributed by atoms with E-state index in [4.69, 9.17) is 9.47 Å². The monoisotopic (exact) mass is 267 g/mol. The second kappa shape index (κ2) is 7.46. The molecule has 106 valence electrons. The SMILES string of the molecule is CCNCc1cc(F)ccc1OCC1CCOCC1. The van der Waals surface area contributed by atoms with E-state index in [0.29, 0.717) is 19.1 Å². The first-order valence-corrected chi connectivity index (χ1v) is 6.99. The van der Waals surface area contributed by atoms with Gasteiger partial charge < -0.3 is 14.8 Å². The summed E-state index contributed by atoms with van der Waals surface area (Å²) in [6.45, 7) is 5.85. The van der Waals surface area contributed by atoms with Crippen LogP contribution in [0.2, 0.25) is 0 Å². The molecule has 1 saturated heterocycles. The van der Waals surface area contributed by atoms with Gasteiger partial charge in [-0.1, -0.05) is 6.92 Å². The van der Waals surface area contributed by atoms with Crippen LogP contribution in [0.1, 0.15) is 25.3 Å². The summed E-state index contributed by atoms with van der Waals surface area (Å²) in [5.41, 5.74) is 0.883. The number of halogens is 1. The zero-order valence-electron chi connectivity index (χ0n) is 11.5. The number of benzene rings is 1. The Balaban J connectivity index is 1.93. The van der Waals surface area contributed by atoms with E-state index in [2.05, 4.69) is 5.32 Å². The van der Waals surface area contributed by atoms with E-state index < -0.39 is 0 Å². The van der Waals surface area contributed by atoms with Gasteiger partial charge >= 0.3 is 0 Å². The summed E-state index contributed by atoms with van der Waals surface area (Å²) in [6.07, 6.45) is 2.09. The first kappa shape index (κ1) is 14.3. The van der Waals surface area contributed by atoms with Crippen LogP contribution in [-0.4, -0.2) is 26.4 Å². The molecule has 4 heteroatoms. The van der Waals surface area contributed by atoms with Crippen molar-refractivity contribution in [2.24, 2.45) is 5.92 Å². The highest BCUT2D eigenvalue weighted by atomic mass is 19.1. The Labute approximate surface area is 114 Å². The second-order valence-corrected chi connectivity index (χ2v) is 4.90. The zero-order valence-corrected chi connectivity index (χ0v) is 11.5. The van der Waals surface area contributed by atoms with Gasteiger partial charge in [0, 0.05) is 25.3 Å². The molecule has 0 spiro atoms. The standard InChI is InChI=1S/C15H22FNO2/c1-2-17-10-13-9-14(16)3-4-15(13)19-11-12-5-7-18-8-6-12/h3-4,9,12,17H,2,5-8,10-11H2,1H3. The zero-order chi connectivity index (χ0) is 13.5. The van der Waals surface area contributed by atoms with E-state index in [-0.39, 0.29) is 5.82 Å². The van der Waals surface area contributed by atoms with Crippen LogP contribution in [0.3, 0.4) is 0 Å². The fourth-order valence-corrected chi connectivity index (χ4v) is 2.21. The largest absolute Gasteiger partial charge is 0.493 e. The second-order valence-electron chi connectivity index (χ2n) is 4.90. The van der Waals surface area contributed by atoms with Crippen molar-refractivity contribution < 1.29 is 13.9 Å². The van der Waals surface area contributed by atoms with Crippen LogP contribution in [-0.2, 0) is 11.3 Å². The van der Waals surface area contributed by atoms with Crippen LogP contribution < -0.4 is 10.1 Å². The lowest BCUT2D eigenvalue weighted by Crippen LogP contribution is -2.22. The fourth-order valence-electron chi connectivity index (χ4n) is 2.21. The fraction of sp³-hybridized carbons (Fsp3) is 0.600. The average Bonchev–Trinajstić information content (AvgIpc) is 2.45. The molecular formula is C15H22FNO2. The molecule has 1 heterocycles. The topological polar surface area (TPSA) is 30.5 Å². The van der Waals surface area contributed by atoms with Crippen molar-refractivity contribution in [3.8, 4) is 5.75 Å². The van der Waals surface area contributed by atoms with E-state index in [1.165, 1.54) is 6.07 Å². The van der Waals surface area contributed by atoms with Crippen LogP contribution in [0, 0.1) is 11.7 Å². The molecule has 1 aromatic rings. The van der Waals surface area contributed by atoms with E-state index in [1.807, 2.05) is 6.92 Å². The van der Waals surface area contributed by atoms with Crippen molar-refractivity contribution in [2.45, 2.75) is 26.3 Å². The third-order valence-corrected chi connectivity index (χ3v) is 3.40. The third kappa shape index (κ3) is 4.48. The molecule has 1 aliphatic heterocycles. The summed E-state index contributed by atoms with van der Waals surface area (Å²) in [6, 6.07) is 4.72. The van der Waals surface area contributed by atoms with Gasteiger partial charge in [-0.25, -0.2) is 4.39 Å². The normalized spacial score (nSPS) is 16.5. The number of rotatable bonds is 6. The lowest BCUT2D eigenvalue weighted by Gasteiger charge is -2.22. The van der Waals surface area contributed by atoms with Crippen LogP contribution in [0.25, 0.3) is 0 Å². The summed E-state index contributed by atoms with van der Waals surface area (Å²) >= 11 is 0. The molecule has 0 radical (unpaired) electrons. The molecule has 0 aromatic heterocycles. The lowest BCUT2D eigenvalue weighted by molar-refractivity contribution is 0.0496. The third-order valence-electron chi connectivity index (χ3n) is 3.40. The smallest absolute Gasteiger partial charge is 0.123 e. The minimum atomic E-state index is -0.216. The lowest BCUT2D eigenvalue weighted by atomic mass is 10.0. The quantitative estimate of drug-likeness (QED) is 0.859. The summed E-state index contributed by atoms with van der Waals surface area (Å²) < 4.78 is 24.5. The minimum absolute atomic E-state index is 0.216. The predicted molar refractivity (Wildman–Crippen MR) is 72.8 cm³/mol. The number of nitrogens with one attached hydrogen (secondary N) is 1. The first-order valence-electron chi connectivity index (χ1n) is 6.99. The molecule has 1 N–H and O–H groups in total. The molecule has 0 amide bonds. The first-order chi connectivity index (χ1) is 9.29. The van der Waals surface area contributed by atoms with Gasteiger partial charge in [0.15, 0.2) is 0 Å². The van der Waals surface area contributed by atoms with Gasteiger partial charge in [0.25, 0.3) is 0 Å². The van der Waals surface area contributed by atoms with Gasteiger partial charge in [0.1, 0.15) is 11.6 Å². The van der Waals surface area contributed by atoms with Gasteiger partial charge in [-0.15, -0.1) is 0 Å². The molecule has 0 unspecified atom stereocenters. The van der Waals surface area contributed by atoms with Crippen molar-refractivity contribution in [3.63, 3.8) is 0 Å². The highest BCUT2D eigenvalue weighted by Crippen LogP contribution is 2.22. The Morgan fingerprint density at radius 2 is 2.16 bits per heavy atom. The maximum Gasteiger partial charge on any atom is 0.123 e. The average molecular weight is 267 g/mol. The summed E-state index contributed by atoms with van der Waals surface area (Å²) in [4.78, 5) is 0. The van der Waals surface area contributed by atoms with Gasteiger partial charge in [0.05, 0.1) is 6.61 Å². The molecule has 1 aliphatic rings. The van der Waals surface area contributed by atoms with Crippen LogP contribution in [0.15, 0.2) is 18.2 Å². The summed E-state index contributed by atoms with van der Waals surface area (Å²) in [5.74, 6) is 1.12. The maximum absolute atomic E-state index is 13.3. The van der Waals surface area contributed by atoms with Gasteiger partial charge in [0.2, 0.25) is 0 Å². The van der Waals surface area contributed by atoms with Crippen LogP contribution in [0.5, 0.6) is 5.75 Å². The number of hydrogen-bond donors (Lipinski definition) is 1. The Hall–Kier alpha value is -1.13. The van der Waals surface area contributed by atoms with Crippen molar-refractivity contribution in [1.29, 1.82) is 0 Å². The Kier molecular flexibility index (Phi) is 5.61. The molecule has 0 atom stereocenters. The van der Waals surface area contributed by atoms with Crippen molar-refractivity contribution in [2.75, 3.05) is 26.4 Å². The van der Waals surface area contributed by atoms with Crippen molar-refractivity contribution >= 4 is 0 Å². The predicted octanol–water partition coefficient (Wildman–Crippen LogP) is 2.74. The summed E-state index contributed by atoms with van der Waals surface area (Å²) in [5, 5.41) is 3.20. The van der Waals surface area contributed by atoms with Crippen LogP contribution >= 0.6 is 0 Å². The minimum Gasteiger partial charge on any atom is -0.493 e. The van der Waals surface area contributed by atoms with E-state index >= 15 is 0 Å². The van der Waals surface area contributed by atoms with Crippen molar-refractivity contribution in [1.82, 2.24) is 5.32 Å². The summed E-state index contributed by atoms with van der Waals surface area (Å²) in [7, 11) is 0. The van der Waals surface area contributed by atoms with Gasteiger partial charge in [-0.2, -0.15) is 0 Å². The molecule has 1 aromatic carbocycles. The van der Waals surface area contributed by atoms with Gasteiger partial charge in [-0.3, -0.25) is 0 Å².